The number of ether oxygens (including phenoxy) is 2. The van der Waals surface area contributed by atoms with Crippen LogP contribution in [0.25, 0.3) is 16.6 Å². The average molecular weight is 459 g/mol. The second kappa shape index (κ2) is 8.29. The molecular weight excluding hydrogens is 444 g/mol. The number of rotatable bonds is 6. The third-order valence-corrected chi connectivity index (χ3v) is 5.83. The number of carboxylic acid groups (broad SMARTS) is 1. The fraction of sp³-hybridized carbons (Fsp3) is 0.0952. The summed E-state index contributed by atoms with van der Waals surface area (Å²) in [6.07, 6.45) is 0. The van der Waals surface area contributed by atoms with Crippen molar-refractivity contribution in [3.63, 3.8) is 0 Å². The Morgan fingerprint density at radius 3 is 2.74 bits per heavy atom. The summed E-state index contributed by atoms with van der Waals surface area (Å²) in [5.74, 6) is -0.191. The van der Waals surface area contributed by atoms with Gasteiger partial charge in [-0.1, -0.05) is 23.7 Å². The molecule has 2 aromatic heterocycles. The van der Waals surface area contributed by atoms with Crippen LogP contribution >= 0.6 is 22.9 Å². The number of aromatic nitrogens is 2. The van der Waals surface area contributed by atoms with Crippen LogP contribution in [-0.2, 0) is 6.61 Å². The van der Waals surface area contributed by atoms with Crippen molar-refractivity contribution in [2.45, 2.75) is 6.61 Å². The third-order valence-electron chi connectivity index (χ3n) is 4.55. The highest BCUT2D eigenvalue weighted by Gasteiger charge is 2.20. The number of hydrogen-bond acceptors (Lipinski definition) is 6. The molecule has 0 saturated carbocycles. The van der Waals surface area contributed by atoms with Crippen molar-refractivity contribution in [2.24, 2.45) is 0 Å². The number of aromatic amines is 1. The number of methoxy groups -OCH3 is 1. The minimum Gasteiger partial charge on any atom is -0.497 e. The molecule has 10 heteroatoms. The van der Waals surface area contributed by atoms with Crippen LogP contribution in [0.5, 0.6) is 11.5 Å². The maximum Gasteiger partial charge on any atom is 0.346 e. The molecule has 2 aromatic carbocycles. The standard InChI is InChI=1S/C21H15ClN2O6S/c1-29-12-4-2-3-11(7-12)9-30-13-5-6-14(22)16(8-13)24-19(25)17-15(23-21(24)28)10-31-18(17)20(26)27/h2-8,10H,9H2,1H3,(H,23,28)(H,26,27). The monoisotopic (exact) mass is 458 g/mol. The van der Waals surface area contributed by atoms with Gasteiger partial charge in [-0.15, -0.1) is 11.3 Å². The lowest BCUT2D eigenvalue weighted by molar-refractivity contribution is 0.0704. The van der Waals surface area contributed by atoms with Crippen molar-refractivity contribution in [3.8, 4) is 17.2 Å². The summed E-state index contributed by atoms with van der Waals surface area (Å²) in [7, 11) is 1.57. The molecular formula is C21H15ClN2O6S. The molecule has 0 spiro atoms. The van der Waals surface area contributed by atoms with E-state index in [2.05, 4.69) is 4.98 Å². The summed E-state index contributed by atoms with van der Waals surface area (Å²) >= 11 is 7.12. The quantitative estimate of drug-likeness (QED) is 0.456. The van der Waals surface area contributed by atoms with Gasteiger partial charge in [-0.25, -0.2) is 14.2 Å². The Hall–Kier alpha value is -3.56. The van der Waals surface area contributed by atoms with Gasteiger partial charge in [0.25, 0.3) is 5.56 Å². The number of thiophene rings is 1. The fourth-order valence-electron chi connectivity index (χ4n) is 3.10. The normalized spacial score (nSPS) is 10.9. The number of H-pyrrole nitrogens is 1. The van der Waals surface area contributed by atoms with Crippen LogP contribution in [0.1, 0.15) is 15.2 Å². The maximum absolute atomic E-state index is 13.0. The predicted octanol–water partition coefficient (Wildman–Crippen LogP) is 3.68. The summed E-state index contributed by atoms with van der Waals surface area (Å²) in [5, 5.41) is 10.8. The third kappa shape index (κ3) is 3.92. The largest absolute Gasteiger partial charge is 0.497 e. The SMILES string of the molecule is COc1cccc(COc2ccc(Cl)c(-n3c(=O)[nH]c4csc(C(=O)O)c4c3=O)c2)c1. The number of nitrogens with one attached hydrogen (secondary N) is 1. The van der Waals surface area contributed by atoms with Crippen molar-refractivity contribution in [1.82, 2.24) is 9.55 Å². The van der Waals surface area contributed by atoms with E-state index in [1.54, 1.807) is 13.2 Å². The molecule has 0 aliphatic rings. The molecule has 0 aliphatic carbocycles. The molecule has 2 N–H and O–H groups in total. The van der Waals surface area contributed by atoms with Crippen LogP contribution < -0.4 is 20.7 Å². The molecule has 0 fully saturated rings. The highest BCUT2D eigenvalue weighted by Crippen LogP contribution is 2.26. The van der Waals surface area contributed by atoms with E-state index in [0.29, 0.717) is 11.5 Å². The topological polar surface area (TPSA) is 111 Å². The van der Waals surface area contributed by atoms with Gasteiger partial charge >= 0.3 is 11.7 Å². The Morgan fingerprint density at radius 2 is 2.00 bits per heavy atom. The van der Waals surface area contributed by atoms with Gasteiger partial charge in [0.2, 0.25) is 0 Å². The summed E-state index contributed by atoms with van der Waals surface area (Å²) in [6, 6.07) is 11.9. The van der Waals surface area contributed by atoms with Gasteiger partial charge in [0.05, 0.1) is 28.7 Å². The second-order valence-electron chi connectivity index (χ2n) is 6.48. The van der Waals surface area contributed by atoms with Crippen LogP contribution in [0, 0.1) is 0 Å². The molecule has 0 bridgehead atoms. The Bertz CT molecular complexity index is 1420. The number of carbonyl (C=O) groups is 1. The van der Waals surface area contributed by atoms with E-state index in [1.807, 2.05) is 24.3 Å². The van der Waals surface area contributed by atoms with Crippen LogP contribution in [0.4, 0.5) is 0 Å². The maximum atomic E-state index is 13.0. The highest BCUT2D eigenvalue weighted by atomic mass is 35.5. The zero-order chi connectivity index (χ0) is 22.1. The zero-order valence-corrected chi connectivity index (χ0v) is 17.6. The van der Waals surface area contributed by atoms with Crippen molar-refractivity contribution in [1.29, 1.82) is 0 Å². The number of benzene rings is 2. The number of fused-ring (bicyclic) bond motifs is 1. The Labute approximate surface area is 183 Å². The van der Waals surface area contributed by atoms with Crippen molar-refractivity contribution < 1.29 is 19.4 Å². The van der Waals surface area contributed by atoms with Gasteiger partial charge < -0.3 is 19.6 Å². The molecule has 0 saturated heterocycles. The number of carboxylic acids is 1. The van der Waals surface area contributed by atoms with Gasteiger partial charge in [-0.2, -0.15) is 0 Å². The van der Waals surface area contributed by atoms with E-state index in [1.165, 1.54) is 17.5 Å². The van der Waals surface area contributed by atoms with E-state index in [-0.39, 0.29) is 33.1 Å². The van der Waals surface area contributed by atoms with E-state index in [4.69, 9.17) is 21.1 Å². The van der Waals surface area contributed by atoms with Crippen LogP contribution in [0.2, 0.25) is 5.02 Å². The van der Waals surface area contributed by atoms with Crippen molar-refractivity contribution >= 4 is 39.8 Å². The molecule has 4 rings (SSSR count). The fourth-order valence-corrected chi connectivity index (χ4v) is 4.13. The van der Waals surface area contributed by atoms with Gasteiger partial charge in [0.1, 0.15) is 23.0 Å². The van der Waals surface area contributed by atoms with Gasteiger partial charge in [0, 0.05) is 11.4 Å². The summed E-state index contributed by atoms with van der Waals surface area (Å²) < 4.78 is 11.8. The Morgan fingerprint density at radius 1 is 1.19 bits per heavy atom. The molecule has 0 radical (unpaired) electrons. The summed E-state index contributed by atoms with van der Waals surface area (Å²) in [5.41, 5.74) is -0.407. The molecule has 4 aromatic rings. The highest BCUT2D eigenvalue weighted by molar-refractivity contribution is 7.13. The first-order chi connectivity index (χ1) is 14.9. The molecule has 2 heterocycles. The molecule has 8 nitrogen and oxygen atoms in total. The predicted molar refractivity (Wildman–Crippen MR) is 117 cm³/mol. The number of hydrogen-bond donors (Lipinski definition) is 2. The van der Waals surface area contributed by atoms with Gasteiger partial charge in [-0.05, 0) is 29.8 Å². The number of nitrogens with zero attached hydrogens (tertiary/aromatic N) is 1. The molecule has 0 atom stereocenters. The Balaban J connectivity index is 1.76. The summed E-state index contributed by atoms with van der Waals surface area (Å²) in [6.45, 7) is 0.219. The first-order valence-electron chi connectivity index (χ1n) is 8.94. The van der Waals surface area contributed by atoms with Crippen molar-refractivity contribution in [3.05, 3.63) is 84.1 Å². The van der Waals surface area contributed by atoms with E-state index < -0.39 is 17.2 Å². The first-order valence-corrected chi connectivity index (χ1v) is 10.2. The minimum absolute atomic E-state index is 0.0838. The lowest BCUT2D eigenvalue weighted by Gasteiger charge is -2.12. The molecule has 0 amide bonds. The van der Waals surface area contributed by atoms with E-state index in [0.717, 1.165) is 21.5 Å². The van der Waals surface area contributed by atoms with E-state index in [9.17, 15) is 19.5 Å². The summed E-state index contributed by atoms with van der Waals surface area (Å²) in [4.78, 5) is 39.5. The first kappa shape index (κ1) is 20.7. The molecule has 158 valence electrons. The number of halogens is 1. The molecule has 31 heavy (non-hydrogen) atoms. The average Bonchev–Trinajstić information content (AvgIpc) is 3.18. The van der Waals surface area contributed by atoms with Gasteiger partial charge in [-0.3, -0.25) is 4.79 Å². The molecule has 0 aliphatic heterocycles. The Kier molecular flexibility index (Phi) is 5.53. The van der Waals surface area contributed by atoms with Crippen LogP contribution in [0.3, 0.4) is 0 Å². The van der Waals surface area contributed by atoms with Crippen LogP contribution in [0.15, 0.2) is 57.4 Å². The zero-order valence-electron chi connectivity index (χ0n) is 16.0. The smallest absolute Gasteiger partial charge is 0.346 e. The van der Waals surface area contributed by atoms with Crippen LogP contribution in [-0.4, -0.2) is 27.7 Å². The lowest BCUT2D eigenvalue weighted by atomic mass is 10.2. The van der Waals surface area contributed by atoms with Gasteiger partial charge in [0.15, 0.2) is 0 Å². The minimum atomic E-state index is -1.25. The van der Waals surface area contributed by atoms with E-state index >= 15 is 0 Å². The second-order valence-corrected chi connectivity index (χ2v) is 7.77. The van der Waals surface area contributed by atoms with Crippen molar-refractivity contribution in [2.75, 3.05) is 7.11 Å². The number of aromatic carboxylic acids is 1. The molecule has 0 unspecified atom stereocenters. The lowest BCUT2D eigenvalue weighted by Crippen LogP contribution is -2.34.